The Hall–Kier alpha value is -4.70. The van der Waals surface area contributed by atoms with Crippen LogP contribution in [0.1, 0.15) is 12.1 Å². The van der Waals surface area contributed by atoms with Crippen LogP contribution in [0.4, 0.5) is 10.1 Å². The fourth-order valence-corrected chi connectivity index (χ4v) is 5.15. The molecular formula is C32H32FN5O4. The lowest BCUT2D eigenvalue weighted by Gasteiger charge is -2.35. The van der Waals surface area contributed by atoms with Gasteiger partial charge < -0.3 is 18.8 Å². The zero-order chi connectivity index (χ0) is 28.9. The average molecular weight is 570 g/mol. The Morgan fingerprint density at radius 3 is 2.48 bits per heavy atom. The Morgan fingerprint density at radius 1 is 0.952 bits per heavy atom. The third kappa shape index (κ3) is 6.28. The van der Waals surface area contributed by atoms with Gasteiger partial charge in [0.2, 0.25) is 0 Å². The van der Waals surface area contributed by atoms with Crippen LogP contribution >= 0.6 is 0 Å². The third-order valence-electron chi connectivity index (χ3n) is 7.48. The van der Waals surface area contributed by atoms with Crippen molar-refractivity contribution in [1.82, 2.24) is 19.9 Å². The van der Waals surface area contributed by atoms with Gasteiger partial charge in [-0.15, -0.1) is 5.10 Å². The number of methoxy groups -OCH3 is 1. The van der Waals surface area contributed by atoms with Crippen molar-refractivity contribution in [3.8, 4) is 22.6 Å². The highest BCUT2D eigenvalue weighted by Crippen LogP contribution is 2.25. The van der Waals surface area contributed by atoms with Gasteiger partial charge in [0, 0.05) is 63.6 Å². The summed E-state index contributed by atoms with van der Waals surface area (Å²) in [5.41, 5.74) is 3.64. The number of benzene rings is 3. The van der Waals surface area contributed by atoms with Crippen LogP contribution < -0.4 is 19.8 Å². The Labute approximate surface area is 242 Å². The third-order valence-corrected chi connectivity index (χ3v) is 7.48. The second-order valence-electron chi connectivity index (χ2n) is 10.3. The molecule has 5 aromatic rings. The minimum atomic E-state index is -0.212. The Bertz CT molecular complexity index is 1690. The predicted octanol–water partition coefficient (Wildman–Crippen LogP) is 4.99. The highest BCUT2D eigenvalue weighted by atomic mass is 19.1. The molecule has 0 bridgehead atoms. The topological polar surface area (TPSA) is 85.9 Å². The van der Waals surface area contributed by atoms with Crippen LogP contribution in [0, 0.1) is 5.82 Å². The maximum absolute atomic E-state index is 13.2. The van der Waals surface area contributed by atoms with Crippen LogP contribution in [0.2, 0.25) is 0 Å². The molecule has 0 unspecified atom stereocenters. The molecule has 0 N–H and O–H groups in total. The van der Waals surface area contributed by atoms with Crippen molar-refractivity contribution in [1.29, 1.82) is 0 Å². The molecule has 0 saturated carbocycles. The molecule has 42 heavy (non-hydrogen) atoms. The van der Waals surface area contributed by atoms with Crippen molar-refractivity contribution in [3.05, 3.63) is 101 Å². The summed E-state index contributed by atoms with van der Waals surface area (Å²) in [5.74, 6) is 1.15. The molecule has 0 aliphatic carbocycles. The van der Waals surface area contributed by atoms with E-state index in [1.165, 1.54) is 18.4 Å². The van der Waals surface area contributed by atoms with Crippen LogP contribution in [0.25, 0.3) is 22.1 Å². The summed E-state index contributed by atoms with van der Waals surface area (Å²) in [5, 5.41) is 9.12. The highest BCUT2D eigenvalue weighted by Gasteiger charge is 2.18. The number of halogens is 1. The summed E-state index contributed by atoms with van der Waals surface area (Å²) >= 11 is 0. The Balaban J connectivity index is 0.970. The lowest BCUT2D eigenvalue weighted by molar-refractivity contribution is 0.247. The number of piperazine rings is 1. The van der Waals surface area contributed by atoms with E-state index in [9.17, 15) is 9.18 Å². The van der Waals surface area contributed by atoms with E-state index in [4.69, 9.17) is 13.9 Å². The number of hydrogen-bond acceptors (Lipinski definition) is 8. The molecule has 216 valence electrons. The average Bonchev–Trinajstić information content (AvgIpc) is 3.47. The van der Waals surface area contributed by atoms with Crippen LogP contribution in [0.15, 0.2) is 88.4 Å². The van der Waals surface area contributed by atoms with Crippen molar-refractivity contribution in [2.45, 2.75) is 19.5 Å². The van der Waals surface area contributed by atoms with E-state index in [1.54, 1.807) is 25.3 Å². The van der Waals surface area contributed by atoms with Gasteiger partial charge in [-0.3, -0.25) is 14.4 Å². The number of fused-ring (bicyclic) bond motifs is 1. The molecule has 1 saturated heterocycles. The fraction of sp³-hybridized carbons (Fsp3) is 0.281. The Morgan fingerprint density at radius 2 is 1.71 bits per heavy atom. The maximum Gasteiger partial charge on any atom is 0.200 e. The lowest BCUT2D eigenvalue weighted by atomic mass is 10.1. The van der Waals surface area contributed by atoms with Crippen LogP contribution in [0.5, 0.6) is 11.5 Å². The zero-order valence-corrected chi connectivity index (χ0v) is 23.4. The first-order valence-electron chi connectivity index (χ1n) is 14.0. The second-order valence-corrected chi connectivity index (χ2v) is 10.3. The maximum atomic E-state index is 13.2. The number of aryl methyl sites for hydroxylation is 1. The summed E-state index contributed by atoms with van der Waals surface area (Å²) in [6.45, 7) is 5.51. The quantitative estimate of drug-likeness (QED) is 0.218. The smallest absolute Gasteiger partial charge is 0.200 e. The number of aromatic nitrogens is 3. The van der Waals surface area contributed by atoms with Crippen molar-refractivity contribution >= 4 is 16.7 Å². The monoisotopic (exact) mass is 569 g/mol. The molecule has 2 aromatic heterocycles. The zero-order valence-electron chi connectivity index (χ0n) is 23.4. The molecule has 0 amide bonds. The predicted molar refractivity (Wildman–Crippen MR) is 158 cm³/mol. The first-order valence-corrected chi connectivity index (χ1v) is 14.0. The summed E-state index contributed by atoms with van der Waals surface area (Å²) in [6.07, 6.45) is 4.22. The molecule has 1 fully saturated rings. The van der Waals surface area contributed by atoms with Gasteiger partial charge in [-0.05, 0) is 54.1 Å². The van der Waals surface area contributed by atoms with Gasteiger partial charge in [0.25, 0.3) is 0 Å². The minimum absolute atomic E-state index is 0.0929. The molecule has 6 rings (SSSR count). The standard InChI is InChI=1S/C32H32FN5O4/c1-40-27-9-3-23(4-10-27)30-22-42-31-19-28(11-12-29(31)32(30)39)41-18-2-13-38-21-25(34-35-38)20-36-14-16-37(17-15-36)26-7-5-24(33)6-8-26/h3-12,19,21-22H,2,13-18,20H2,1H3. The highest BCUT2D eigenvalue weighted by molar-refractivity contribution is 5.82. The molecule has 3 heterocycles. The molecule has 10 heteroatoms. The first-order chi connectivity index (χ1) is 20.6. The van der Waals surface area contributed by atoms with Gasteiger partial charge in [-0.25, -0.2) is 4.39 Å². The first kappa shape index (κ1) is 27.5. The Kier molecular flexibility index (Phi) is 8.14. The molecule has 0 atom stereocenters. The number of ether oxygens (including phenoxy) is 2. The van der Waals surface area contributed by atoms with E-state index in [-0.39, 0.29) is 11.2 Å². The summed E-state index contributed by atoms with van der Waals surface area (Å²) in [7, 11) is 1.60. The second kappa shape index (κ2) is 12.4. The van der Waals surface area contributed by atoms with Gasteiger partial charge in [0.05, 0.1) is 30.4 Å². The minimum Gasteiger partial charge on any atom is -0.497 e. The van der Waals surface area contributed by atoms with Gasteiger partial charge in [-0.1, -0.05) is 17.3 Å². The summed E-state index contributed by atoms with van der Waals surface area (Å²) in [6, 6.07) is 19.3. The van der Waals surface area contributed by atoms with E-state index in [1.807, 2.05) is 47.3 Å². The molecule has 1 aliphatic heterocycles. The van der Waals surface area contributed by atoms with Crippen molar-refractivity contribution in [3.63, 3.8) is 0 Å². The number of hydrogen-bond donors (Lipinski definition) is 0. The molecule has 1 aliphatic rings. The van der Waals surface area contributed by atoms with Gasteiger partial charge in [-0.2, -0.15) is 0 Å². The van der Waals surface area contributed by atoms with Crippen molar-refractivity contribution in [2.75, 3.05) is 44.8 Å². The van der Waals surface area contributed by atoms with Crippen molar-refractivity contribution < 1.29 is 18.3 Å². The molecular weight excluding hydrogens is 537 g/mol. The van der Waals surface area contributed by atoms with Crippen LogP contribution in [-0.4, -0.2) is 59.8 Å². The largest absolute Gasteiger partial charge is 0.497 e. The van der Waals surface area contributed by atoms with E-state index in [0.717, 1.165) is 61.8 Å². The number of nitrogens with zero attached hydrogens (tertiary/aromatic N) is 5. The number of anilines is 1. The summed E-state index contributed by atoms with van der Waals surface area (Å²) in [4.78, 5) is 17.7. The van der Waals surface area contributed by atoms with Crippen LogP contribution in [0.3, 0.4) is 0 Å². The number of rotatable bonds is 10. The fourth-order valence-electron chi connectivity index (χ4n) is 5.15. The molecule has 9 nitrogen and oxygen atoms in total. The molecule has 0 radical (unpaired) electrons. The van der Waals surface area contributed by atoms with Crippen LogP contribution in [-0.2, 0) is 13.1 Å². The van der Waals surface area contributed by atoms with E-state index < -0.39 is 0 Å². The summed E-state index contributed by atoms with van der Waals surface area (Å²) < 4.78 is 32.0. The normalized spacial score (nSPS) is 13.9. The van der Waals surface area contributed by atoms with Gasteiger partial charge >= 0.3 is 0 Å². The van der Waals surface area contributed by atoms with E-state index >= 15 is 0 Å². The lowest BCUT2D eigenvalue weighted by Crippen LogP contribution is -2.46. The van der Waals surface area contributed by atoms with E-state index in [0.29, 0.717) is 35.4 Å². The molecule has 0 spiro atoms. The van der Waals surface area contributed by atoms with Crippen molar-refractivity contribution in [2.24, 2.45) is 0 Å². The SMILES string of the molecule is COc1ccc(-c2coc3cc(OCCCn4cc(CN5CCN(c6ccc(F)cc6)CC5)nn4)ccc3c2=O)cc1. The molecule has 3 aromatic carbocycles. The van der Waals surface area contributed by atoms with E-state index in [2.05, 4.69) is 20.1 Å². The van der Waals surface area contributed by atoms with Gasteiger partial charge in [0.1, 0.15) is 29.2 Å². The van der Waals surface area contributed by atoms with Gasteiger partial charge in [0.15, 0.2) is 5.43 Å².